The fraction of sp³-hybridized carbons (Fsp3) is 1.00. The third kappa shape index (κ3) is 4.27. The molecule has 0 saturated heterocycles. The van der Waals surface area contributed by atoms with Crippen molar-refractivity contribution in [1.82, 2.24) is 0 Å². The van der Waals surface area contributed by atoms with E-state index in [1.54, 1.807) is 0 Å². The van der Waals surface area contributed by atoms with Crippen LogP contribution in [0.25, 0.3) is 10.4 Å². The van der Waals surface area contributed by atoms with Gasteiger partial charge in [-0.25, -0.2) is 0 Å². The summed E-state index contributed by atoms with van der Waals surface area (Å²) in [5.74, 6) is 0. The van der Waals surface area contributed by atoms with E-state index in [0.717, 1.165) is 12.8 Å². The van der Waals surface area contributed by atoms with E-state index < -0.39 is 0 Å². The van der Waals surface area contributed by atoms with Crippen LogP contribution >= 0.6 is 16.3 Å². The Morgan fingerprint density at radius 3 is 2.89 bits per heavy atom. The molecule has 0 aromatic carbocycles. The molecular weight excluding hydrogens is 186 g/mol. The summed E-state index contributed by atoms with van der Waals surface area (Å²) in [6, 6.07) is 0. The molecule has 4 nitrogen and oxygen atoms in total. The van der Waals surface area contributed by atoms with E-state index in [1.807, 2.05) is 6.92 Å². The zero-order valence-electron chi connectivity index (χ0n) is 5.12. The van der Waals surface area contributed by atoms with Crippen LogP contribution < -0.4 is 0 Å². The van der Waals surface area contributed by atoms with Crippen LogP contribution in [0.2, 0.25) is 0 Å². The third-order valence-corrected chi connectivity index (χ3v) is 1.25. The van der Waals surface area contributed by atoms with Gasteiger partial charge in [0.05, 0.1) is 16.3 Å². The van der Waals surface area contributed by atoms with E-state index >= 15 is 0 Å². The number of rotatable bonds is 4. The van der Waals surface area contributed by atoms with Crippen molar-refractivity contribution in [3.05, 3.63) is 10.4 Å². The summed E-state index contributed by atoms with van der Waals surface area (Å²) in [4.78, 5) is 2.60. The van der Waals surface area contributed by atoms with Gasteiger partial charge in [-0.2, -0.15) is 0 Å². The van der Waals surface area contributed by atoms with E-state index in [4.69, 9.17) is 5.53 Å². The van der Waals surface area contributed by atoms with Gasteiger partial charge in [0.2, 0.25) is 0 Å². The molecule has 1 atom stereocenters. The van der Waals surface area contributed by atoms with E-state index in [2.05, 4.69) is 30.1 Å². The smallest absolute Gasteiger partial charge is 0.151 e. The third-order valence-electron chi connectivity index (χ3n) is 0.819. The Morgan fingerprint density at radius 2 is 2.56 bits per heavy atom. The largest absolute Gasteiger partial charge is 0.299 e. The highest BCUT2D eigenvalue weighted by molar-refractivity contribution is 9.06. The van der Waals surface area contributed by atoms with Crippen LogP contribution in [0, 0.1) is 0 Å². The van der Waals surface area contributed by atoms with E-state index in [9.17, 15) is 0 Å². The first-order valence-electron chi connectivity index (χ1n) is 2.66. The minimum Gasteiger partial charge on any atom is -0.299 e. The second kappa shape index (κ2) is 5.88. The molecule has 0 aromatic rings. The monoisotopic (exact) mass is 193 g/mol. The molecule has 0 spiro atoms. The molecule has 0 aliphatic heterocycles. The summed E-state index contributed by atoms with van der Waals surface area (Å²) in [5, 5.41) is 3.34. The van der Waals surface area contributed by atoms with Crippen LogP contribution in [0.15, 0.2) is 5.11 Å². The maximum Gasteiger partial charge on any atom is 0.151 e. The molecule has 0 aliphatic rings. The van der Waals surface area contributed by atoms with Gasteiger partial charge in [-0.1, -0.05) is 18.5 Å². The highest BCUT2D eigenvalue weighted by atomic mass is 79.9. The number of azide groups is 1. The average molecular weight is 194 g/mol. The molecule has 0 rings (SSSR count). The highest BCUT2D eigenvalue weighted by Crippen LogP contribution is 2.06. The van der Waals surface area contributed by atoms with Crippen LogP contribution in [0.1, 0.15) is 19.8 Å². The number of hydrogen-bond donors (Lipinski definition) is 0. The van der Waals surface area contributed by atoms with Gasteiger partial charge in [0.25, 0.3) is 0 Å². The quantitative estimate of drug-likeness (QED) is 0.385. The van der Waals surface area contributed by atoms with Crippen molar-refractivity contribution in [2.75, 3.05) is 0 Å². The van der Waals surface area contributed by atoms with E-state index in [-0.39, 0.29) is 6.23 Å². The van der Waals surface area contributed by atoms with Crippen LogP contribution in [0.5, 0.6) is 0 Å². The second-order valence-corrected chi connectivity index (χ2v) is 1.91. The fourth-order valence-electron chi connectivity index (χ4n) is 0.425. The molecular formula is C4H8BrN3O. The van der Waals surface area contributed by atoms with E-state index in [1.165, 1.54) is 0 Å². The Hall–Kier alpha value is -0.250. The van der Waals surface area contributed by atoms with Crippen molar-refractivity contribution in [3.63, 3.8) is 0 Å². The van der Waals surface area contributed by atoms with Crippen LogP contribution in [-0.4, -0.2) is 6.23 Å². The molecule has 52 valence electrons. The summed E-state index contributed by atoms with van der Waals surface area (Å²) in [6.07, 6.45) is 1.32. The topological polar surface area (TPSA) is 58.0 Å². The van der Waals surface area contributed by atoms with Crippen LogP contribution in [-0.2, 0) is 3.83 Å². The van der Waals surface area contributed by atoms with Crippen molar-refractivity contribution in [2.24, 2.45) is 5.11 Å². The highest BCUT2D eigenvalue weighted by Gasteiger charge is 2.00. The molecule has 0 bridgehead atoms. The SMILES string of the molecule is CCCC(N=[N+]=[N-])OBr. The summed E-state index contributed by atoms with van der Waals surface area (Å²) in [7, 11) is 0. The zero-order chi connectivity index (χ0) is 7.11. The Kier molecular flexibility index (Phi) is 5.72. The maximum atomic E-state index is 7.95. The van der Waals surface area contributed by atoms with Gasteiger partial charge < -0.3 is 0 Å². The standard InChI is InChI=1S/C4H8BrN3O/c1-2-3-4(9-5)7-8-6/h4H,2-3H2,1H3. The zero-order valence-corrected chi connectivity index (χ0v) is 6.71. The number of nitrogens with zero attached hydrogens (tertiary/aromatic N) is 3. The van der Waals surface area contributed by atoms with E-state index in [0.29, 0.717) is 0 Å². The van der Waals surface area contributed by atoms with Crippen molar-refractivity contribution >= 4 is 16.3 Å². The Balaban J connectivity index is 3.53. The Morgan fingerprint density at radius 1 is 1.89 bits per heavy atom. The van der Waals surface area contributed by atoms with Crippen molar-refractivity contribution < 1.29 is 3.83 Å². The van der Waals surface area contributed by atoms with Gasteiger partial charge in [-0.05, 0) is 12.0 Å². The summed E-state index contributed by atoms with van der Waals surface area (Å²) in [5.41, 5.74) is 7.95. The molecule has 0 saturated carbocycles. The second-order valence-electron chi connectivity index (χ2n) is 1.54. The predicted octanol–water partition coefficient (Wildman–Crippen LogP) is 2.75. The lowest BCUT2D eigenvalue weighted by molar-refractivity contribution is 0.252. The minimum absolute atomic E-state index is 0.361. The summed E-state index contributed by atoms with van der Waals surface area (Å²) >= 11 is 2.75. The van der Waals surface area contributed by atoms with Crippen molar-refractivity contribution in [2.45, 2.75) is 26.0 Å². The van der Waals surface area contributed by atoms with Crippen molar-refractivity contribution in [3.8, 4) is 0 Å². The molecule has 0 fully saturated rings. The van der Waals surface area contributed by atoms with Crippen molar-refractivity contribution in [1.29, 1.82) is 0 Å². The number of halogens is 1. The first-order valence-corrected chi connectivity index (χ1v) is 3.31. The lowest BCUT2D eigenvalue weighted by Gasteiger charge is -2.02. The van der Waals surface area contributed by atoms with Crippen LogP contribution in [0.3, 0.4) is 0 Å². The van der Waals surface area contributed by atoms with Gasteiger partial charge in [0, 0.05) is 4.91 Å². The number of hydrogen-bond acceptors (Lipinski definition) is 2. The lowest BCUT2D eigenvalue weighted by atomic mass is 10.3. The first-order chi connectivity index (χ1) is 4.35. The normalized spacial score (nSPS) is 12.2. The molecule has 0 radical (unpaired) electrons. The molecule has 0 N–H and O–H groups in total. The average Bonchev–Trinajstić information content (AvgIpc) is 1.88. The Labute approximate surface area is 62.3 Å². The fourth-order valence-corrected chi connectivity index (χ4v) is 0.686. The van der Waals surface area contributed by atoms with Gasteiger partial charge in [0.1, 0.15) is 0 Å². The predicted molar refractivity (Wildman–Crippen MR) is 37.9 cm³/mol. The van der Waals surface area contributed by atoms with Gasteiger partial charge >= 0.3 is 0 Å². The molecule has 1 unspecified atom stereocenters. The van der Waals surface area contributed by atoms with Crippen LogP contribution in [0.4, 0.5) is 0 Å². The summed E-state index contributed by atoms with van der Waals surface area (Å²) < 4.78 is 4.62. The maximum absolute atomic E-state index is 7.95. The van der Waals surface area contributed by atoms with Gasteiger partial charge in [-0.3, -0.25) is 3.83 Å². The minimum atomic E-state index is -0.361. The van der Waals surface area contributed by atoms with Gasteiger partial charge in [-0.15, -0.1) is 0 Å². The molecule has 5 heteroatoms. The molecule has 0 aliphatic carbocycles. The Bertz CT molecular complexity index is 112. The molecule has 9 heavy (non-hydrogen) atoms. The molecule has 0 heterocycles. The lowest BCUT2D eigenvalue weighted by Crippen LogP contribution is -2.00. The first kappa shape index (κ1) is 8.75. The molecule has 0 aromatic heterocycles. The molecule has 0 amide bonds. The summed E-state index contributed by atoms with van der Waals surface area (Å²) in [6.45, 7) is 1.99. The van der Waals surface area contributed by atoms with Gasteiger partial charge in [0.15, 0.2) is 6.23 Å².